The molecule has 0 aromatic rings. The molecule has 8 atom stereocenters. The van der Waals surface area contributed by atoms with E-state index in [1.165, 1.54) is 83.5 Å². The molecular weight excluding hydrogens is 961 g/mol. The average molecular weight is 1050 g/mol. The minimum Gasteiger partial charge on any atom is -0.462 e. The minimum atomic E-state index is -5.60. The number of aliphatic hydroxyl groups is 3. The zero-order valence-corrected chi connectivity index (χ0v) is 44.1. The lowest BCUT2D eigenvalue weighted by Crippen LogP contribution is -2.65. The minimum absolute atomic E-state index is 0.000690. The van der Waals surface area contributed by atoms with Crippen LogP contribution in [-0.4, -0.2) is 108 Å². The monoisotopic (exact) mass is 1050 g/mol. The van der Waals surface area contributed by atoms with Gasteiger partial charge < -0.3 is 49.3 Å². The molecular formula is C47H89O19P3. The fraction of sp³-hybridized carbons (Fsp3) is 0.872. The first-order valence-electron chi connectivity index (χ1n) is 25.6. The van der Waals surface area contributed by atoms with Crippen LogP contribution in [0.4, 0.5) is 0 Å². The van der Waals surface area contributed by atoms with Crippen molar-refractivity contribution in [1.82, 2.24) is 0 Å². The molecule has 0 radical (unpaired) electrons. The summed E-state index contributed by atoms with van der Waals surface area (Å²) in [6.07, 6.45) is 23.2. The first-order valence-corrected chi connectivity index (χ1v) is 30.2. The third-order valence-corrected chi connectivity index (χ3v) is 13.8. The van der Waals surface area contributed by atoms with E-state index in [2.05, 4.69) is 47.2 Å². The van der Waals surface area contributed by atoms with Gasteiger partial charge in [-0.15, -0.1) is 0 Å². The molecule has 1 saturated carbocycles. The summed E-state index contributed by atoms with van der Waals surface area (Å²) < 4.78 is 65.6. The molecule has 406 valence electrons. The van der Waals surface area contributed by atoms with E-state index in [4.69, 9.17) is 18.5 Å². The Morgan fingerprint density at radius 1 is 0.464 bits per heavy atom. The number of hydrogen-bond donors (Lipinski definition) is 8. The Morgan fingerprint density at radius 2 is 0.841 bits per heavy atom. The van der Waals surface area contributed by atoms with Crippen molar-refractivity contribution in [3.63, 3.8) is 0 Å². The molecule has 1 aliphatic rings. The van der Waals surface area contributed by atoms with Crippen molar-refractivity contribution in [3.05, 3.63) is 24.3 Å². The van der Waals surface area contributed by atoms with E-state index in [0.717, 1.165) is 83.5 Å². The van der Waals surface area contributed by atoms with Crippen molar-refractivity contribution in [3.8, 4) is 0 Å². The highest BCUT2D eigenvalue weighted by Crippen LogP contribution is 2.51. The zero-order chi connectivity index (χ0) is 51.4. The van der Waals surface area contributed by atoms with Gasteiger partial charge in [0.25, 0.3) is 0 Å². The molecule has 1 rings (SSSR count). The van der Waals surface area contributed by atoms with E-state index in [9.17, 15) is 63.1 Å². The number of carbonyl (C=O) groups excluding carboxylic acids is 2. The molecule has 0 amide bonds. The van der Waals surface area contributed by atoms with Gasteiger partial charge >= 0.3 is 35.4 Å². The number of phosphoric ester groups is 3. The Kier molecular flexibility index (Phi) is 37.2. The molecule has 0 spiro atoms. The summed E-state index contributed by atoms with van der Waals surface area (Å²) in [6.45, 7) is 2.94. The number of hydrogen-bond acceptors (Lipinski definition) is 14. The summed E-state index contributed by atoms with van der Waals surface area (Å²) in [5.41, 5.74) is 0. The standard InChI is InChI=1S/C47H89O19P3/c1-3-5-7-9-11-13-15-17-19-20-22-23-25-27-29-31-33-35-40(48)61-37-39(63-41(49)36-34-32-30-28-26-24-21-18-16-14-12-10-8-6-4-2)38-62-69(59,60)66-45-42(50)43(51)46(64-67(53,54)55)47(44(45)52)65-68(56,57)58/h11,13,17,19,39,42-47,50-52H,3-10,12,14-16,18,20-38H2,1-2H3,(H,59,60)(H2,53,54,55)(H2,56,57,58)/b13-11-,19-17-/t39-,42?,43?,44?,45+,46?,47+/m1/s1. The normalized spacial score (nSPS) is 21.5. The lowest BCUT2D eigenvalue weighted by atomic mass is 9.85. The van der Waals surface area contributed by atoms with Gasteiger partial charge in [-0.2, -0.15) is 0 Å². The quantitative estimate of drug-likeness (QED) is 0.0122. The number of carbonyl (C=O) groups is 2. The third kappa shape index (κ3) is 35.4. The maximum absolute atomic E-state index is 13.1. The van der Waals surface area contributed by atoms with E-state index in [1.54, 1.807) is 0 Å². The number of rotatable bonds is 44. The fourth-order valence-electron chi connectivity index (χ4n) is 7.91. The van der Waals surface area contributed by atoms with Crippen LogP contribution in [0.15, 0.2) is 24.3 Å². The number of unbranched alkanes of at least 4 members (excludes halogenated alkanes) is 24. The van der Waals surface area contributed by atoms with Crippen LogP contribution in [0.5, 0.6) is 0 Å². The second-order valence-corrected chi connectivity index (χ2v) is 21.9. The van der Waals surface area contributed by atoms with Crippen molar-refractivity contribution in [1.29, 1.82) is 0 Å². The van der Waals surface area contributed by atoms with Crippen molar-refractivity contribution in [2.75, 3.05) is 13.2 Å². The topological polar surface area (TPSA) is 303 Å². The summed E-state index contributed by atoms with van der Waals surface area (Å²) in [6, 6.07) is 0. The number of aliphatic hydroxyl groups excluding tert-OH is 3. The molecule has 5 unspecified atom stereocenters. The molecule has 0 saturated heterocycles. The molecule has 0 bridgehead atoms. The highest BCUT2D eigenvalue weighted by Gasteiger charge is 2.56. The largest absolute Gasteiger partial charge is 0.472 e. The van der Waals surface area contributed by atoms with Gasteiger partial charge in [-0.05, 0) is 44.9 Å². The number of esters is 2. The maximum Gasteiger partial charge on any atom is 0.472 e. The van der Waals surface area contributed by atoms with Gasteiger partial charge in [0.2, 0.25) is 0 Å². The van der Waals surface area contributed by atoms with Crippen LogP contribution >= 0.6 is 23.5 Å². The van der Waals surface area contributed by atoms with Crippen LogP contribution in [0.1, 0.15) is 206 Å². The van der Waals surface area contributed by atoms with E-state index in [1.807, 2.05) is 0 Å². The lowest BCUT2D eigenvalue weighted by molar-refractivity contribution is -0.213. The second-order valence-electron chi connectivity index (χ2n) is 18.1. The van der Waals surface area contributed by atoms with Crippen LogP contribution in [-0.2, 0) is 50.9 Å². The molecule has 8 N–H and O–H groups in total. The fourth-order valence-corrected chi connectivity index (χ4v) is 10.0. The molecule has 69 heavy (non-hydrogen) atoms. The molecule has 1 aliphatic carbocycles. The number of ether oxygens (including phenoxy) is 2. The zero-order valence-electron chi connectivity index (χ0n) is 41.4. The summed E-state index contributed by atoms with van der Waals surface area (Å²) in [5.74, 6) is -1.30. The molecule has 0 aliphatic heterocycles. The van der Waals surface area contributed by atoms with Gasteiger partial charge in [0.15, 0.2) is 6.10 Å². The van der Waals surface area contributed by atoms with Crippen LogP contribution in [0.25, 0.3) is 0 Å². The first-order chi connectivity index (χ1) is 32.8. The van der Waals surface area contributed by atoms with Crippen LogP contribution in [0.2, 0.25) is 0 Å². The van der Waals surface area contributed by atoms with E-state index >= 15 is 0 Å². The third-order valence-electron chi connectivity index (χ3n) is 11.8. The smallest absolute Gasteiger partial charge is 0.462 e. The van der Waals surface area contributed by atoms with Gasteiger partial charge in [-0.25, -0.2) is 13.7 Å². The van der Waals surface area contributed by atoms with E-state index < -0.39 is 91.3 Å². The molecule has 19 nitrogen and oxygen atoms in total. The predicted octanol–water partition coefficient (Wildman–Crippen LogP) is 9.85. The van der Waals surface area contributed by atoms with Crippen molar-refractivity contribution in [2.24, 2.45) is 0 Å². The van der Waals surface area contributed by atoms with E-state index in [-0.39, 0.29) is 12.8 Å². The molecule has 0 heterocycles. The van der Waals surface area contributed by atoms with Gasteiger partial charge in [0.1, 0.15) is 43.2 Å². The van der Waals surface area contributed by atoms with Crippen molar-refractivity contribution >= 4 is 35.4 Å². The molecule has 0 aromatic carbocycles. The Hall–Kier alpha value is -1.37. The van der Waals surface area contributed by atoms with Gasteiger partial charge in [0, 0.05) is 12.8 Å². The summed E-state index contributed by atoms with van der Waals surface area (Å²) >= 11 is 0. The Labute approximate surface area is 411 Å². The number of allylic oxidation sites excluding steroid dienone is 4. The summed E-state index contributed by atoms with van der Waals surface area (Å²) in [5, 5.41) is 31.9. The van der Waals surface area contributed by atoms with Gasteiger partial charge in [-0.3, -0.25) is 27.7 Å². The highest BCUT2D eigenvalue weighted by atomic mass is 31.2. The second kappa shape index (κ2) is 39.1. The van der Waals surface area contributed by atoms with Crippen LogP contribution in [0.3, 0.4) is 0 Å². The van der Waals surface area contributed by atoms with Crippen LogP contribution in [0, 0.1) is 0 Å². The predicted molar refractivity (Wildman–Crippen MR) is 261 cm³/mol. The van der Waals surface area contributed by atoms with Crippen molar-refractivity contribution < 1.29 is 90.6 Å². The number of phosphoric acid groups is 3. The van der Waals surface area contributed by atoms with E-state index in [0.29, 0.717) is 12.8 Å². The van der Waals surface area contributed by atoms with Crippen molar-refractivity contribution in [2.45, 2.75) is 249 Å². The highest BCUT2D eigenvalue weighted by molar-refractivity contribution is 7.47. The summed E-state index contributed by atoms with van der Waals surface area (Å²) in [4.78, 5) is 73.3. The average Bonchev–Trinajstić information content (AvgIpc) is 3.28. The van der Waals surface area contributed by atoms with Gasteiger partial charge in [-0.1, -0.05) is 173 Å². The molecule has 22 heteroatoms. The Balaban J connectivity index is 2.69. The first kappa shape index (κ1) is 65.6. The molecule has 0 aromatic heterocycles. The maximum atomic E-state index is 13.1. The lowest BCUT2D eigenvalue weighted by Gasteiger charge is -2.44. The Morgan fingerprint density at radius 3 is 1.30 bits per heavy atom. The SMILES string of the molecule is CCCCC/C=C\C/C=C\CCCCCCCCCC(=O)OC[C@H](COP(=O)(O)O[C@H]1C(O)C(O)C(OP(=O)(O)O)[C@@H](OP(=O)(O)O)C1O)OC(=O)CCCCCCCCCCCCCCCCC. The van der Waals surface area contributed by atoms with Gasteiger partial charge in [0.05, 0.1) is 6.61 Å². The Bertz CT molecular complexity index is 1540. The molecule has 1 fully saturated rings. The van der Waals surface area contributed by atoms with Crippen LogP contribution < -0.4 is 0 Å². The summed E-state index contributed by atoms with van der Waals surface area (Å²) in [7, 11) is -16.6.